The van der Waals surface area contributed by atoms with Gasteiger partial charge >= 0.3 is 0 Å². The van der Waals surface area contributed by atoms with Gasteiger partial charge in [0.05, 0.1) is 12.3 Å². The van der Waals surface area contributed by atoms with Gasteiger partial charge in [-0.3, -0.25) is 4.79 Å². The lowest BCUT2D eigenvalue weighted by molar-refractivity contribution is 0.0953. The lowest BCUT2D eigenvalue weighted by Gasteiger charge is -2.12. The van der Waals surface area contributed by atoms with E-state index in [1.54, 1.807) is 24.3 Å². The van der Waals surface area contributed by atoms with Crippen molar-refractivity contribution in [1.29, 1.82) is 0 Å². The molecule has 2 heterocycles. The van der Waals surface area contributed by atoms with Crippen LogP contribution in [-0.4, -0.2) is 35.1 Å². The Morgan fingerprint density at radius 2 is 2.15 bits per heavy atom. The summed E-state index contributed by atoms with van der Waals surface area (Å²) in [5.74, 6) is 0.986. The van der Waals surface area contributed by atoms with Crippen LogP contribution in [0.4, 0.5) is 0 Å². The van der Waals surface area contributed by atoms with Crippen molar-refractivity contribution in [3.05, 3.63) is 72.7 Å². The molecule has 0 aliphatic rings. The van der Waals surface area contributed by atoms with Crippen LogP contribution in [0.2, 0.25) is 0 Å². The average Bonchev–Trinajstić information content (AvgIpc) is 3.10. The summed E-state index contributed by atoms with van der Waals surface area (Å²) in [6.45, 7) is 6.89. The number of hydrogen-bond acceptors (Lipinski definition) is 4. The van der Waals surface area contributed by atoms with Crippen LogP contribution in [-0.2, 0) is 6.42 Å². The Balaban J connectivity index is 1.61. The number of pyridine rings is 1. The zero-order chi connectivity index (χ0) is 19.1. The van der Waals surface area contributed by atoms with Gasteiger partial charge in [-0.1, -0.05) is 18.7 Å². The third kappa shape index (κ3) is 4.67. The Labute approximate surface area is 158 Å². The minimum absolute atomic E-state index is 0.157. The molecule has 0 saturated carbocycles. The predicted octanol–water partition coefficient (Wildman–Crippen LogP) is 3.27. The first-order valence-corrected chi connectivity index (χ1v) is 8.92. The number of fused-ring (bicyclic) bond motifs is 1. The molecule has 6 nitrogen and oxygen atoms in total. The number of carbonyl (C=O) groups excluding carboxylic acids is 1. The summed E-state index contributed by atoms with van der Waals surface area (Å²) in [4.78, 5) is 17.0. The molecule has 0 radical (unpaired) electrons. The molecule has 0 spiro atoms. The van der Waals surface area contributed by atoms with E-state index in [2.05, 4.69) is 16.9 Å². The first-order chi connectivity index (χ1) is 13.2. The fourth-order valence-electron chi connectivity index (χ4n) is 2.70. The van der Waals surface area contributed by atoms with Gasteiger partial charge in [0.15, 0.2) is 11.5 Å². The second-order valence-corrected chi connectivity index (χ2v) is 5.90. The van der Waals surface area contributed by atoms with Gasteiger partial charge in [-0.05, 0) is 37.3 Å². The number of hydrogen-bond donors (Lipinski definition) is 1. The molecule has 6 heteroatoms. The lowest BCUT2D eigenvalue weighted by atomic mass is 10.2. The molecule has 0 fully saturated rings. The molecule has 3 aromatic rings. The monoisotopic (exact) mass is 365 g/mol. The average molecular weight is 365 g/mol. The number of amides is 1. The zero-order valence-corrected chi connectivity index (χ0v) is 15.4. The molecule has 1 amide bonds. The standard InChI is InChI=1S/C21H23N3O3/c1-3-13-27-18-9-8-16(14-19(18)26-4-2)21(25)22-11-10-17-15-24-12-6-5-7-20(24)23-17/h3,5-9,12,14-15H,1,4,10-11,13H2,2H3,(H,22,25). The van der Waals surface area contributed by atoms with Crippen molar-refractivity contribution in [2.45, 2.75) is 13.3 Å². The Hall–Kier alpha value is -3.28. The molecular formula is C21H23N3O3. The van der Waals surface area contributed by atoms with Gasteiger partial charge in [-0.15, -0.1) is 0 Å². The molecule has 0 unspecified atom stereocenters. The van der Waals surface area contributed by atoms with E-state index in [1.165, 1.54) is 0 Å². The molecule has 0 bridgehead atoms. The van der Waals surface area contributed by atoms with Crippen LogP contribution in [0.5, 0.6) is 11.5 Å². The molecule has 0 aliphatic carbocycles. The zero-order valence-electron chi connectivity index (χ0n) is 15.4. The number of benzene rings is 1. The van der Waals surface area contributed by atoms with Gasteiger partial charge < -0.3 is 19.2 Å². The molecule has 1 aromatic carbocycles. The van der Waals surface area contributed by atoms with E-state index in [9.17, 15) is 4.79 Å². The Kier molecular flexibility index (Phi) is 6.10. The first kappa shape index (κ1) is 18.5. The number of ether oxygens (including phenoxy) is 2. The minimum Gasteiger partial charge on any atom is -0.490 e. The second kappa shape index (κ2) is 8.89. The first-order valence-electron chi connectivity index (χ1n) is 8.92. The van der Waals surface area contributed by atoms with Gasteiger partial charge in [0, 0.05) is 30.9 Å². The summed E-state index contributed by atoms with van der Waals surface area (Å²) >= 11 is 0. The fourth-order valence-corrected chi connectivity index (χ4v) is 2.70. The number of imidazole rings is 1. The summed E-state index contributed by atoms with van der Waals surface area (Å²) in [5.41, 5.74) is 2.36. The normalized spacial score (nSPS) is 10.6. The highest BCUT2D eigenvalue weighted by Crippen LogP contribution is 2.28. The van der Waals surface area contributed by atoms with E-state index < -0.39 is 0 Å². The maximum atomic E-state index is 12.4. The van der Waals surface area contributed by atoms with Crippen LogP contribution in [0, 0.1) is 0 Å². The van der Waals surface area contributed by atoms with Crippen molar-refractivity contribution in [2.24, 2.45) is 0 Å². The van der Waals surface area contributed by atoms with Gasteiger partial charge in [0.1, 0.15) is 12.3 Å². The molecule has 0 saturated heterocycles. The van der Waals surface area contributed by atoms with Gasteiger partial charge in [-0.2, -0.15) is 0 Å². The van der Waals surface area contributed by atoms with Crippen LogP contribution >= 0.6 is 0 Å². The van der Waals surface area contributed by atoms with Crippen LogP contribution in [0.3, 0.4) is 0 Å². The molecule has 2 aromatic heterocycles. The Bertz CT molecular complexity index is 900. The molecule has 1 N–H and O–H groups in total. The maximum absolute atomic E-state index is 12.4. The van der Waals surface area contributed by atoms with E-state index in [0.29, 0.717) is 43.2 Å². The summed E-state index contributed by atoms with van der Waals surface area (Å²) in [6.07, 6.45) is 6.25. The molecule has 3 rings (SSSR count). The van der Waals surface area contributed by atoms with Crippen molar-refractivity contribution in [3.8, 4) is 11.5 Å². The molecule has 140 valence electrons. The van der Waals surface area contributed by atoms with E-state index in [-0.39, 0.29) is 5.91 Å². The smallest absolute Gasteiger partial charge is 0.251 e. The summed E-state index contributed by atoms with van der Waals surface area (Å²) in [7, 11) is 0. The Morgan fingerprint density at radius 3 is 2.93 bits per heavy atom. The minimum atomic E-state index is -0.157. The SMILES string of the molecule is C=CCOc1ccc(C(=O)NCCc2cn3ccccc3n2)cc1OCC. The summed E-state index contributed by atoms with van der Waals surface area (Å²) in [5, 5.41) is 2.92. The van der Waals surface area contributed by atoms with Crippen LogP contribution < -0.4 is 14.8 Å². The van der Waals surface area contributed by atoms with Crippen molar-refractivity contribution in [3.63, 3.8) is 0 Å². The molecule has 0 aliphatic heterocycles. The summed E-state index contributed by atoms with van der Waals surface area (Å²) < 4.78 is 13.1. The van der Waals surface area contributed by atoms with Gasteiger partial charge in [0.25, 0.3) is 5.91 Å². The number of aromatic nitrogens is 2. The topological polar surface area (TPSA) is 64.9 Å². The number of rotatable bonds is 9. The van der Waals surface area contributed by atoms with E-state index in [1.807, 2.05) is 41.9 Å². The van der Waals surface area contributed by atoms with Crippen LogP contribution in [0.15, 0.2) is 61.4 Å². The van der Waals surface area contributed by atoms with Gasteiger partial charge in [-0.25, -0.2) is 4.98 Å². The van der Waals surface area contributed by atoms with Crippen molar-refractivity contribution < 1.29 is 14.3 Å². The van der Waals surface area contributed by atoms with E-state index in [4.69, 9.17) is 9.47 Å². The van der Waals surface area contributed by atoms with Crippen LogP contribution in [0.25, 0.3) is 5.65 Å². The molecule has 0 atom stereocenters. The highest BCUT2D eigenvalue weighted by molar-refractivity contribution is 5.94. The van der Waals surface area contributed by atoms with Crippen molar-refractivity contribution >= 4 is 11.6 Å². The highest BCUT2D eigenvalue weighted by atomic mass is 16.5. The highest BCUT2D eigenvalue weighted by Gasteiger charge is 2.11. The number of carbonyl (C=O) groups is 1. The second-order valence-electron chi connectivity index (χ2n) is 5.90. The third-order valence-corrected chi connectivity index (χ3v) is 3.94. The molecule has 27 heavy (non-hydrogen) atoms. The Morgan fingerprint density at radius 1 is 1.26 bits per heavy atom. The van der Waals surface area contributed by atoms with Crippen molar-refractivity contribution in [1.82, 2.24) is 14.7 Å². The van der Waals surface area contributed by atoms with E-state index >= 15 is 0 Å². The van der Waals surface area contributed by atoms with E-state index in [0.717, 1.165) is 11.3 Å². The number of nitrogens with zero attached hydrogens (tertiary/aromatic N) is 2. The van der Waals surface area contributed by atoms with Crippen LogP contribution in [0.1, 0.15) is 23.0 Å². The quantitative estimate of drug-likeness (QED) is 0.591. The number of nitrogens with one attached hydrogen (secondary N) is 1. The molecular weight excluding hydrogens is 342 g/mol. The largest absolute Gasteiger partial charge is 0.490 e. The maximum Gasteiger partial charge on any atom is 0.251 e. The fraction of sp³-hybridized carbons (Fsp3) is 0.238. The third-order valence-electron chi connectivity index (χ3n) is 3.94. The van der Waals surface area contributed by atoms with Gasteiger partial charge in [0.2, 0.25) is 0 Å². The lowest BCUT2D eigenvalue weighted by Crippen LogP contribution is -2.25. The van der Waals surface area contributed by atoms with Crippen molar-refractivity contribution in [2.75, 3.05) is 19.8 Å². The predicted molar refractivity (Wildman–Crippen MR) is 105 cm³/mol. The summed E-state index contributed by atoms with van der Waals surface area (Å²) in [6, 6.07) is 11.0.